The van der Waals surface area contributed by atoms with Crippen LogP contribution in [0, 0.1) is 0 Å². The van der Waals surface area contributed by atoms with Crippen LogP contribution in [0.25, 0.3) is 0 Å². The smallest absolute Gasteiger partial charge is 0.387 e. The van der Waals surface area contributed by atoms with Gasteiger partial charge in [-0.25, -0.2) is 0 Å². The molecule has 1 fully saturated rings. The summed E-state index contributed by atoms with van der Waals surface area (Å²) < 4.78 is 29.1. The highest BCUT2D eigenvalue weighted by Crippen LogP contribution is 2.25. The number of carbonyl (C=O) groups is 1. The highest BCUT2D eigenvalue weighted by Gasteiger charge is 2.18. The Morgan fingerprint density at radius 3 is 2.50 bits per heavy atom. The number of hydrogen-bond donors (Lipinski definition) is 1. The van der Waals surface area contributed by atoms with E-state index in [1.54, 1.807) is 18.2 Å². The van der Waals surface area contributed by atoms with Crippen LogP contribution in [-0.2, 0) is 4.79 Å². The molecule has 0 bridgehead atoms. The molecule has 1 amide bonds. The van der Waals surface area contributed by atoms with Crippen LogP contribution in [0.1, 0.15) is 6.92 Å². The fourth-order valence-corrected chi connectivity index (χ4v) is 2.43. The van der Waals surface area contributed by atoms with Gasteiger partial charge in [-0.2, -0.15) is 8.78 Å². The number of alkyl halides is 2. The second-order valence-electron chi connectivity index (χ2n) is 5.13. The van der Waals surface area contributed by atoms with E-state index in [1.165, 1.54) is 6.07 Å². The number of rotatable bonds is 6. The van der Waals surface area contributed by atoms with E-state index in [4.69, 9.17) is 0 Å². The lowest BCUT2D eigenvalue weighted by Gasteiger charge is -2.33. The van der Waals surface area contributed by atoms with Crippen molar-refractivity contribution in [1.82, 2.24) is 9.80 Å². The first kappa shape index (κ1) is 16.6. The number of benzene rings is 1. The standard InChI is InChI=1S/C15H21F2N3O2/c1-2-19-7-9-20(10-8-19)11-14(21)18-12-5-3-4-6-13(12)22-15(16)17/h3-6,15H,2,7-11H2,1H3,(H,18,21). The zero-order chi connectivity index (χ0) is 15.9. The Balaban J connectivity index is 1.87. The average Bonchev–Trinajstić information content (AvgIpc) is 2.49. The Bertz CT molecular complexity index is 491. The average molecular weight is 313 g/mol. The molecule has 122 valence electrons. The van der Waals surface area contributed by atoms with Crippen LogP contribution < -0.4 is 10.1 Å². The topological polar surface area (TPSA) is 44.8 Å². The Labute approximate surface area is 128 Å². The van der Waals surface area contributed by atoms with E-state index in [0.717, 1.165) is 32.7 Å². The van der Waals surface area contributed by atoms with Crippen molar-refractivity contribution in [2.24, 2.45) is 0 Å². The summed E-state index contributed by atoms with van der Waals surface area (Å²) >= 11 is 0. The molecule has 0 spiro atoms. The van der Waals surface area contributed by atoms with Gasteiger partial charge in [0.1, 0.15) is 5.75 Å². The molecule has 7 heteroatoms. The predicted molar refractivity (Wildman–Crippen MR) is 80.3 cm³/mol. The number of hydrogen-bond acceptors (Lipinski definition) is 4. The van der Waals surface area contributed by atoms with Gasteiger partial charge in [-0.05, 0) is 18.7 Å². The number of para-hydroxylation sites is 2. The number of halogens is 2. The predicted octanol–water partition coefficient (Wildman–Crippen LogP) is 1.86. The minimum absolute atomic E-state index is 0.0262. The summed E-state index contributed by atoms with van der Waals surface area (Å²) in [5.74, 6) is -0.253. The third-order valence-electron chi connectivity index (χ3n) is 3.66. The van der Waals surface area contributed by atoms with Gasteiger partial charge in [-0.15, -0.1) is 0 Å². The molecule has 0 unspecified atom stereocenters. The molecule has 1 N–H and O–H groups in total. The van der Waals surface area contributed by atoms with Crippen molar-refractivity contribution in [3.05, 3.63) is 24.3 Å². The lowest BCUT2D eigenvalue weighted by atomic mass is 10.2. The molecular formula is C15H21F2N3O2. The largest absolute Gasteiger partial charge is 0.433 e. The summed E-state index contributed by atoms with van der Waals surface area (Å²) in [5.41, 5.74) is 0.264. The van der Waals surface area contributed by atoms with Crippen LogP contribution in [0.3, 0.4) is 0 Å². The van der Waals surface area contributed by atoms with E-state index < -0.39 is 6.61 Å². The van der Waals surface area contributed by atoms with Crippen LogP contribution in [0.4, 0.5) is 14.5 Å². The number of likely N-dealkylation sites (N-methyl/N-ethyl adjacent to an activating group) is 1. The molecule has 1 aromatic rings. The van der Waals surface area contributed by atoms with Gasteiger partial charge < -0.3 is 15.0 Å². The maximum Gasteiger partial charge on any atom is 0.387 e. The lowest BCUT2D eigenvalue weighted by molar-refractivity contribution is -0.117. The normalized spacial score (nSPS) is 16.7. The maximum atomic E-state index is 12.3. The van der Waals surface area contributed by atoms with Gasteiger partial charge in [0, 0.05) is 26.2 Å². The number of amides is 1. The van der Waals surface area contributed by atoms with E-state index in [9.17, 15) is 13.6 Å². The molecule has 0 aromatic heterocycles. The molecule has 5 nitrogen and oxygen atoms in total. The Morgan fingerprint density at radius 1 is 1.23 bits per heavy atom. The summed E-state index contributed by atoms with van der Waals surface area (Å²) in [6.07, 6.45) is 0. The van der Waals surface area contributed by atoms with Crippen LogP contribution in [0.2, 0.25) is 0 Å². The first-order valence-electron chi connectivity index (χ1n) is 7.37. The Morgan fingerprint density at radius 2 is 1.86 bits per heavy atom. The van der Waals surface area contributed by atoms with Gasteiger partial charge in [0.15, 0.2) is 0 Å². The molecule has 1 aliphatic rings. The van der Waals surface area contributed by atoms with Gasteiger partial charge in [0.25, 0.3) is 0 Å². The van der Waals surface area contributed by atoms with Crippen LogP contribution >= 0.6 is 0 Å². The summed E-state index contributed by atoms with van der Waals surface area (Å²) in [4.78, 5) is 16.4. The minimum atomic E-state index is -2.92. The number of piperazine rings is 1. The fraction of sp³-hybridized carbons (Fsp3) is 0.533. The number of nitrogens with one attached hydrogen (secondary N) is 1. The summed E-state index contributed by atoms with van der Waals surface area (Å²) in [6.45, 7) is 4.00. The molecule has 2 rings (SSSR count). The Kier molecular flexibility index (Phi) is 6.09. The molecule has 1 aliphatic heterocycles. The zero-order valence-corrected chi connectivity index (χ0v) is 12.6. The number of carbonyl (C=O) groups excluding carboxylic acids is 1. The van der Waals surface area contributed by atoms with Crippen LogP contribution in [0.5, 0.6) is 5.75 Å². The summed E-state index contributed by atoms with van der Waals surface area (Å²) in [7, 11) is 0. The monoisotopic (exact) mass is 313 g/mol. The van der Waals surface area contributed by atoms with E-state index in [0.29, 0.717) is 0 Å². The van der Waals surface area contributed by atoms with Crippen molar-refractivity contribution in [2.45, 2.75) is 13.5 Å². The third-order valence-corrected chi connectivity index (χ3v) is 3.66. The SMILES string of the molecule is CCN1CCN(CC(=O)Nc2ccccc2OC(F)F)CC1. The first-order valence-corrected chi connectivity index (χ1v) is 7.37. The highest BCUT2D eigenvalue weighted by molar-refractivity contribution is 5.93. The van der Waals surface area contributed by atoms with Gasteiger partial charge >= 0.3 is 6.61 Å². The zero-order valence-electron chi connectivity index (χ0n) is 12.6. The van der Waals surface area contributed by atoms with Gasteiger partial charge in [-0.1, -0.05) is 19.1 Å². The molecule has 22 heavy (non-hydrogen) atoms. The fourth-order valence-electron chi connectivity index (χ4n) is 2.43. The highest BCUT2D eigenvalue weighted by atomic mass is 19.3. The van der Waals surface area contributed by atoms with E-state index in [1.807, 2.05) is 0 Å². The third kappa shape index (κ3) is 4.92. The maximum absolute atomic E-state index is 12.3. The number of ether oxygens (including phenoxy) is 1. The van der Waals surface area contributed by atoms with Crippen molar-refractivity contribution < 1.29 is 18.3 Å². The molecule has 1 saturated heterocycles. The van der Waals surface area contributed by atoms with Gasteiger partial charge in [-0.3, -0.25) is 9.69 Å². The molecule has 0 atom stereocenters. The summed E-state index contributed by atoms with van der Waals surface area (Å²) in [6, 6.07) is 6.19. The minimum Gasteiger partial charge on any atom is -0.433 e. The van der Waals surface area contributed by atoms with E-state index in [2.05, 4.69) is 26.8 Å². The number of nitrogens with zero attached hydrogens (tertiary/aromatic N) is 2. The molecule has 0 saturated carbocycles. The molecule has 0 aliphatic carbocycles. The van der Waals surface area contributed by atoms with E-state index >= 15 is 0 Å². The van der Waals surface area contributed by atoms with Crippen molar-refractivity contribution in [1.29, 1.82) is 0 Å². The molecule has 0 radical (unpaired) electrons. The number of anilines is 1. The van der Waals surface area contributed by atoms with Crippen molar-refractivity contribution in [3.63, 3.8) is 0 Å². The lowest BCUT2D eigenvalue weighted by Crippen LogP contribution is -2.48. The van der Waals surface area contributed by atoms with Crippen molar-refractivity contribution in [2.75, 3.05) is 44.6 Å². The van der Waals surface area contributed by atoms with Crippen molar-refractivity contribution >= 4 is 11.6 Å². The van der Waals surface area contributed by atoms with Gasteiger partial charge in [0.2, 0.25) is 5.91 Å². The summed E-state index contributed by atoms with van der Waals surface area (Å²) in [5, 5.41) is 2.64. The quantitative estimate of drug-likeness (QED) is 0.871. The Hall–Kier alpha value is -1.73. The molecule has 1 heterocycles. The molecule has 1 aromatic carbocycles. The molecular weight excluding hydrogens is 292 g/mol. The van der Waals surface area contributed by atoms with Crippen molar-refractivity contribution in [3.8, 4) is 5.75 Å². The second-order valence-corrected chi connectivity index (χ2v) is 5.13. The van der Waals surface area contributed by atoms with E-state index in [-0.39, 0.29) is 23.9 Å². The van der Waals surface area contributed by atoms with Crippen LogP contribution in [-0.4, -0.2) is 61.6 Å². The van der Waals surface area contributed by atoms with Gasteiger partial charge in [0.05, 0.1) is 12.2 Å². The second kappa shape index (κ2) is 8.05. The first-order chi connectivity index (χ1) is 10.6. The van der Waals surface area contributed by atoms with Crippen LogP contribution in [0.15, 0.2) is 24.3 Å².